The summed E-state index contributed by atoms with van der Waals surface area (Å²) in [4.78, 5) is 11.9. The maximum Gasteiger partial charge on any atom is 0.179 e. The van der Waals surface area contributed by atoms with Gasteiger partial charge in [-0.3, -0.25) is 4.79 Å². The fraction of sp³-hybridized carbons (Fsp3) is 0.286. The Hall–Kier alpha value is -0.830. The third-order valence-electron chi connectivity index (χ3n) is 1.47. The topological polar surface area (TPSA) is 26.3 Å². The van der Waals surface area contributed by atoms with Crippen molar-refractivity contribution in [3.8, 4) is 5.75 Å². The molecule has 0 saturated heterocycles. The summed E-state index contributed by atoms with van der Waals surface area (Å²) in [5, 5.41) is 1.88. The van der Waals surface area contributed by atoms with E-state index in [9.17, 15) is 4.79 Å². The average Bonchev–Trinajstić information content (AvgIpc) is 2.36. The minimum Gasteiger partial charge on any atom is -0.491 e. The molecule has 0 aliphatic carbocycles. The molecular weight excluding hydrogens is 148 g/mol. The van der Waals surface area contributed by atoms with Gasteiger partial charge in [0.25, 0.3) is 0 Å². The molecule has 1 aliphatic rings. The molecule has 0 amide bonds. The van der Waals surface area contributed by atoms with E-state index in [4.69, 9.17) is 4.74 Å². The Kier molecular flexibility index (Phi) is 1.24. The first-order valence-corrected chi connectivity index (χ1v) is 3.99. The Morgan fingerprint density at radius 3 is 3.30 bits per heavy atom. The van der Waals surface area contributed by atoms with Crippen LogP contribution in [0.3, 0.4) is 0 Å². The highest BCUT2D eigenvalue weighted by molar-refractivity contribution is 7.12. The molecule has 0 unspecified atom stereocenters. The van der Waals surface area contributed by atoms with Crippen molar-refractivity contribution in [3.63, 3.8) is 0 Å². The van der Waals surface area contributed by atoms with Crippen LogP contribution in [-0.4, -0.2) is 12.4 Å². The van der Waals surface area contributed by atoms with Crippen LogP contribution in [0.1, 0.15) is 16.1 Å². The summed E-state index contributed by atoms with van der Waals surface area (Å²) >= 11 is 1.46. The molecule has 0 spiro atoms. The zero-order chi connectivity index (χ0) is 6.97. The lowest BCUT2D eigenvalue weighted by Gasteiger charge is -2.10. The van der Waals surface area contributed by atoms with E-state index in [1.165, 1.54) is 11.3 Å². The summed E-state index contributed by atoms with van der Waals surface area (Å²) in [7, 11) is 0. The fourth-order valence-electron chi connectivity index (χ4n) is 0.982. The Bertz CT molecular complexity index is 264. The van der Waals surface area contributed by atoms with Crippen molar-refractivity contribution < 1.29 is 9.53 Å². The molecule has 1 aromatic heterocycles. The van der Waals surface area contributed by atoms with Gasteiger partial charge in [-0.2, -0.15) is 0 Å². The lowest BCUT2D eigenvalue weighted by molar-refractivity contribution is 0.0939. The monoisotopic (exact) mass is 154 g/mol. The molecule has 0 radical (unpaired) electrons. The largest absolute Gasteiger partial charge is 0.491 e. The maximum absolute atomic E-state index is 11.1. The standard InChI is InChI=1S/C7H6O2S/c8-5-1-3-9-6-2-4-10-7(5)6/h2,4H,1,3H2. The zero-order valence-corrected chi connectivity index (χ0v) is 6.11. The van der Waals surface area contributed by atoms with Gasteiger partial charge in [0.1, 0.15) is 10.6 Å². The van der Waals surface area contributed by atoms with Crippen LogP contribution in [0.5, 0.6) is 5.75 Å². The maximum atomic E-state index is 11.1. The van der Waals surface area contributed by atoms with Gasteiger partial charge in [0, 0.05) is 6.42 Å². The Morgan fingerprint density at radius 2 is 2.50 bits per heavy atom. The number of rotatable bonds is 0. The van der Waals surface area contributed by atoms with Crippen LogP contribution in [0.25, 0.3) is 0 Å². The van der Waals surface area contributed by atoms with E-state index >= 15 is 0 Å². The van der Waals surface area contributed by atoms with E-state index < -0.39 is 0 Å². The second-order valence-electron chi connectivity index (χ2n) is 2.14. The molecule has 0 N–H and O–H groups in total. The Morgan fingerprint density at radius 1 is 1.60 bits per heavy atom. The van der Waals surface area contributed by atoms with Gasteiger partial charge in [-0.25, -0.2) is 0 Å². The molecule has 0 fully saturated rings. The van der Waals surface area contributed by atoms with Crippen molar-refractivity contribution in [1.82, 2.24) is 0 Å². The molecule has 0 atom stereocenters. The lowest BCUT2D eigenvalue weighted by atomic mass is 10.2. The highest BCUT2D eigenvalue weighted by atomic mass is 32.1. The van der Waals surface area contributed by atoms with Crippen LogP contribution in [0.15, 0.2) is 11.4 Å². The highest BCUT2D eigenvalue weighted by Crippen LogP contribution is 2.29. The molecule has 2 nitrogen and oxygen atoms in total. The number of thiophene rings is 1. The molecule has 1 aliphatic heterocycles. The first kappa shape index (κ1) is 5.92. The summed E-state index contributed by atoms with van der Waals surface area (Å²) in [5.74, 6) is 0.984. The van der Waals surface area contributed by atoms with E-state index in [0.29, 0.717) is 13.0 Å². The van der Waals surface area contributed by atoms with Crippen LogP contribution >= 0.6 is 11.3 Å². The van der Waals surface area contributed by atoms with Gasteiger partial charge in [0.05, 0.1) is 6.61 Å². The number of hydrogen-bond donors (Lipinski definition) is 0. The zero-order valence-electron chi connectivity index (χ0n) is 5.29. The van der Waals surface area contributed by atoms with Crippen LogP contribution in [0.4, 0.5) is 0 Å². The third kappa shape index (κ3) is 0.743. The van der Waals surface area contributed by atoms with Gasteiger partial charge >= 0.3 is 0 Å². The van der Waals surface area contributed by atoms with Gasteiger partial charge in [0.15, 0.2) is 5.78 Å². The molecule has 10 heavy (non-hydrogen) atoms. The fourth-order valence-corrected chi connectivity index (χ4v) is 1.79. The molecular formula is C7H6O2S. The Balaban J connectivity index is 2.50. The number of ether oxygens (including phenoxy) is 1. The molecule has 0 saturated carbocycles. The number of carbonyl (C=O) groups excluding carboxylic acids is 1. The predicted octanol–water partition coefficient (Wildman–Crippen LogP) is 1.71. The van der Waals surface area contributed by atoms with Crippen LogP contribution < -0.4 is 4.74 Å². The van der Waals surface area contributed by atoms with E-state index in [-0.39, 0.29) is 5.78 Å². The Labute approximate surface area is 62.4 Å². The van der Waals surface area contributed by atoms with Crippen LogP contribution in [0, 0.1) is 0 Å². The molecule has 52 valence electrons. The van der Waals surface area contributed by atoms with Crippen molar-refractivity contribution in [3.05, 3.63) is 16.3 Å². The number of fused-ring (bicyclic) bond motifs is 1. The van der Waals surface area contributed by atoms with Crippen molar-refractivity contribution >= 4 is 17.1 Å². The summed E-state index contributed by atoms with van der Waals surface area (Å²) in [6.07, 6.45) is 0.535. The molecule has 0 aromatic carbocycles. The second kappa shape index (κ2) is 2.09. The number of Topliss-reactive ketones (excluding diaryl/α,β-unsaturated/α-hetero) is 1. The number of carbonyl (C=O) groups is 1. The summed E-state index contributed by atoms with van der Waals surface area (Å²) in [6, 6.07) is 1.84. The van der Waals surface area contributed by atoms with E-state index in [0.717, 1.165) is 10.6 Å². The second-order valence-corrected chi connectivity index (χ2v) is 3.05. The predicted molar refractivity (Wildman–Crippen MR) is 38.8 cm³/mol. The highest BCUT2D eigenvalue weighted by Gasteiger charge is 2.18. The summed E-state index contributed by atoms with van der Waals surface area (Å²) < 4.78 is 5.22. The number of hydrogen-bond acceptors (Lipinski definition) is 3. The van der Waals surface area contributed by atoms with Crippen molar-refractivity contribution in [2.45, 2.75) is 6.42 Å². The smallest absolute Gasteiger partial charge is 0.179 e. The molecule has 1 aromatic rings. The molecule has 3 heteroatoms. The van der Waals surface area contributed by atoms with Crippen molar-refractivity contribution in [2.75, 3.05) is 6.61 Å². The van der Waals surface area contributed by atoms with Crippen LogP contribution in [-0.2, 0) is 0 Å². The minimum atomic E-state index is 0.219. The SMILES string of the molecule is O=C1CCOc2ccsc21. The average molecular weight is 154 g/mol. The quantitative estimate of drug-likeness (QED) is 0.568. The summed E-state index contributed by atoms with van der Waals surface area (Å²) in [6.45, 7) is 0.544. The normalized spacial score (nSPS) is 16.2. The van der Waals surface area contributed by atoms with E-state index in [1.807, 2.05) is 11.4 Å². The van der Waals surface area contributed by atoms with Crippen molar-refractivity contribution in [1.29, 1.82) is 0 Å². The van der Waals surface area contributed by atoms with E-state index in [1.54, 1.807) is 0 Å². The van der Waals surface area contributed by atoms with Crippen LogP contribution in [0.2, 0.25) is 0 Å². The third-order valence-corrected chi connectivity index (χ3v) is 2.41. The lowest BCUT2D eigenvalue weighted by Crippen LogP contribution is -2.12. The number of ketones is 1. The van der Waals surface area contributed by atoms with Gasteiger partial charge in [-0.15, -0.1) is 11.3 Å². The van der Waals surface area contributed by atoms with E-state index in [2.05, 4.69) is 0 Å². The minimum absolute atomic E-state index is 0.219. The molecule has 0 bridgehead atoms. The summed E-state index contributed by atoms with van der Waals surface area (Å²) in [5.41, 5.74) is 0. The van der Waals surface area contributed by atoms with Crippen molar-refractivity contribution in [2.24, 2.45) is 0 Å². The molecule has 2 rings (SSSR count). The first-order chi connectivity index (χ1) is 4.88. The van der Waals surface area contributed by atoms with Gasteiger partial charge in [-0.1, -0.05) is 0 Å². The molecule has 2 heterocycles. The van der Waals surface area contributed by atoms with Gasteiger partial charge < -0.3 is 4.74 Å². The first-order valence-electron chi connectivity index (χ1n) is 3.11. The van der Waals surface area contributed by atoms with Gasteiger partial charge in [0.2, 0.25) is 0 Å². The van der Waals surface area contributed by atoms with Gasteiger partial charge in [-0.05, 0) is 11.4 Å².